The molecule has 0 bridgehead atoms. The van der Waals surface area contributed by atoms with Crippen LogP contribution in [0.5, 0.6) is 0 Å². The Hall–Kier alpha value is -2.65. The van der Waals surface area contributed by atoms with Gasteiger partial charge in [-0.05, 0) is 66.1 Å². The minimum absolute atomic E-state index is 0.101. The molecule has 194 valence electrons. The molecule has 5 rings (SSSR count). The molecule has 3 fully saturated rings. The van der Waals surface area contributed by atoms with Crippen molar-refractivity contribution in [1.29, 1.82) is 0 Å². The summed E-state index contributed by atoms with van der Waals surface area (Å²) in [5.74, 6) is -1.99. The van der Waals surface area contributed by atoms with E-state index in [1.54, 1.807) is 6.07 Å². The third kappa shape index (κ3) is 4.95. The molecule has 1 amide bonds. The third-order valence-electron chi connectivity index (χ3n) is 7.98. The van der Waals surface area contributed by atoms with Gasteiger partial charge in [0, 0.05) is 25.7 Å². The molecule has 0 N–H and O–H groups in total. The van der Waals surface area contributed by atoms with Gasteiger partial charge in [-0.1, -0.05) is 25.1 Å². The molecule has 0 aromatic heterocycles. The van der Waals surface area contributed by atoms with Crippen LogP contribution in [0.4, 0.5) is 13.2 Å². The number of benzene rings is 2. The summed E-state index contributed by atoms with van der Waals surface area (Å²) in [4.78, 5) is 27.4. The molecular formula is C27H31F3N2O4. The van der Waals surface area contributed by atoms with Crippen LogP contribution >= 0.6 is 0 Å². The second-order valence-electron chi connectivity index (χ2n) is 10.5. The molecule has 3 aliphatic rings. The number of alkyl halides is 3. The van der Waals surface area contributed by atoms with Crippen molar-refractivity contribution in [2.24, 2.45) is 5.92 Å². The van der Waals surface area contributed by atoms with E-state index in [2.05, 4.69) is 11.0 Å². The van der Waals surface area contributed by atoms with Gasteiger partial charge in [0.2, 0.25) is 0 Å². The second kappa shape index (κ2) is 9.34. The second-order valence-corrected chi connectivity index (χ2v) is 10.5. The number of piperidine rings is 1. The van der Waals surface area contributed by atoms with Crippen LogP contribution < -0.4 is 0 Å². The third-order valence-corrected chi connectivity index (χ3v) is 7.98. The van der Waals surface area contributed by atoms with E-state index in [-0.39, 0.29) is 24.5 Å². The van der Waals surface area contributed by atoms with Crippen molar-refractivity contribution in [3.05, 3.63) is 47.5 Å². The van der Waals surface area contributed by atoms with E-state index in [1.807, 2.05) is 31.2 Å². The zero-order valence-corrected chi connectivity index (χ0v) is 20.5. The number of carbonyl (C=O) groups is 2. The minimum atomic E-state index is -4.86. The summed E-state index contributed by atoms with van der Waals surface area (Å²) in [6.45, 7) is 4.37. The van der Waals surface area contributed by atoms with E-state index in [0.717, 1.165) is 53.7 Å². The first-order valence-electron chi connectivity index (χ1n) is 12.5. The first-order chi connectivity index (χ1) is 17.1. The Labute approximate surface area is 208 Å². The quantitative estimate of drug-likeness (QED) is 0.560. The molecule has 0 radical (unpaired) electrons. The number of fused-ring (bicyclic) bond motifs is 1. The molecule has 3 atom stereocenters. The molecule has 1 spiro atoms. The lowest BCUT2D eigenvalue weighted by Crippen LogP contribution is -2.50. The molecule has 2 aromatic rings. The summed E-state index contributed by atoms with van der Waals surface area (Å²) in [5.41, 5.74) is 1.21. The smallest absolute Gasteiger partial charge is 0.465 e. The number of hydrogen-bond donors (Lipinski definition) is 0. The lowest BCUT2D eigenvalue weighted by Gasteiger charge is -2.39. The summed E-state index contributed by atoms with van der Waals surface area (Å²) in [7, 11) is 1.36. The Bertz CT molecular complexity index is 1160. The molecule has 36 heavy (non-hydrogen) atoms. The number of carbonyl (C=O) groups excluding carboxylic acids is 2. The summed E-state index contributed by atoms with van der Waals surface area (Å²) < 4.78 is 50.7. The van der Waals surface area contributed by atoms with Crippen molar-refractivity contribution in [3.8, 4) is 0 Å². The molecule has 9 heteroatoms. The number of methoxy groups -OCH3 is 1. The predicted octanol–water partition coefficient (Wildman–Crippen LogP) is 4.55. The van der Waals surface area contributed by atoms with Gasteiger partial charge >= 0.3 is 18.1 Å². The standard InChI is InChI=1S/C27H31F3N2O4/c1-17-11-23(17)32(25(34)27(28,29)30)22-14-26(36-16-22)7-9-31(10-8-26)15-18-3-4-20-13-21(24(33)35-2)6-5-19(20)12-18/h3-6,12-13,17,22-23H,7-11,14-16H2,1-2H3/t17-,22?,23-/m1/s1. The SMILES string of the molecule is COC(=O)c1ccc2cc(CN3CCC4(CC3)CC(N(C(=O)C(F)(F)F)[C@@H]3C[C@H]3C)CO4)ccc2c1. The van der Waals surface area contributed by atoms with E-state index in [4.69, 9.17) is 9.47 Å². The Morgan fingerprint density at radius 2 is 1.81 bits per heavy atom. The first kappa shape index (κ1) is 25.0. The van der Waals surface area contributed by atoms with Gasteiger partial charge in [0.25, 0.3) is 0 Å². The van der Waals surface area contributed by atoms with Gasteiger partial charge in [-0.25, -0.2) is 4.79 Å². The van der Waals surface area contributed by atoms with E-state index in [1.165, 1.54) is 7.11 Å². The van der Waals surface area contributed by atoms with Crippen LogP contribution in [-0.2, 0) is 20.8 Å². The highest BCUT2D eigenvalue weighted by atomic mass is 19.4. The van der Waals surface area contributed by atoms with Gasteiger partial charge in [-0.15, -0.1) is 0 Å². The zero-order valence-electron chi connectivity index (χ0n) is 20.5. The lowest BCUT2D eigenvalue weighted by molar-refractivity contribution is -0.188. The number of halogens is 3. The molecule has 2 aromatic carbocycles. The molecule has 1 unspecified atom stereocenters. The van der Waals surface area contributed by atoms with Gasteiger partial charge in [-0.2, -0.15) is 13.2 Å². The van der Waals surface area contributed by atoms with Crippen molar-refractivity contribution in [1.82, 2.24) is 9.80 Å². The van der Waals surface area contributed by atoms with Crippen molar-refractivity contribution in [2.75, 3.05) is 26.8 Å². The van der Waals surface area contributed by atoms with Crippen molar-refractivity contribution >= 4 is 22.6 Å². The fourth-order valence-corrected chi connectivity index (χ4v) is 5.79. The average molecular weight is 505 g/mol. The molecule has 2 heterocycles. The van der Waals surface area contributed by atoms with Crippen molar-refractivity contribution in [3.63, 3.8) is 0 Å². The van der Waals surface area contributed by atoms with Gasteiger partial charge in [-0.3, -0.25) is 9.69 Å². The topological polar surface area (TPSA) is 59.1 Å². The highest BCUT2D eigenvalue weighted by molar-refractivity contribution is 5.95. The van der Waals surface area contributed by atoms with Gasteiger partial charge in [0.05, 0.1) is 30.9 Å². The van der Waals surface area contributed by atoms with E-state index in [9.17, 15) is 22.8 Å². The van der Waals surface area contributed by atoms with Crippen LogP contribution in [0.25, 0.3) is 10.8 Å². The van der Waals surface area contributed by atoms with Crippen molar-refractivity contribution in [2.45, 2.75) is 63.0 Å². The predicted molar refractivity (Wildman–Crippen MR) is 127 cm³/mol. The Morgan fingerprint density at radius 3 is 2.44 bits per heavy atom. The van der Waals surface area contributed by atoms with Crippen LogP contribution in [0.3, 0.4) is 0 Å². The largest absolute Gasteiger partial charge is 0.471 e. The molecule has 6 nitrogen and oxygen atoms in total. The number of amides is 1. The molecule has 1 saturated carbocycles. The van der Waals surface area contributed by atoms with Crippen LogP contribution in [0.15, 0.2) is 36.4 Å². The lowest BCUT2D eigenvalue weighted by atomic mass is 9.86. The van der Waals surface area contributed by atoms with Gasteiger partial charge in [0.15, 0.2) is 0 Å². The maximum Gasteiger partial charge on any atom is 0.471 e. The number of rotatable bonds is 5. The number of nitrogens with zero attached hydrogens (tertiary/aromatic N) is 2. The zero-order chi connectivity index (χ0) is 25.7. The monoisotopic (exact) mass is 504 g/mol. The van der Waals surface area contributed by atoms with E-state index in [0.29, 0.717) is 18.4 Å². The van der Waals surface area contributed by atoms with Crippen molar-refractivity contribution < 1.29 is 32.2 Å². The maximum atomic E-state index is 13.3. The average Bonchev–Trinajstić information content (AvgIpc) is 3.43. The fourth-order valence-electron chi connectivity index (χ4n) is 5.79. The van der Waals surface area contributed by atoms with Crippen LogP contribution in [0, 0.1) is 5.92 Å². The number of hydrogen-bond acceptors (Lipinski definition) is 5. The summed E-state index contributed by atoms with van der Waals surface area (Å²) >= 11 is 0. The van der Waals surface area contributed by atoms with E-state index >= 15 is 0 Å². The number of ether oxygens (including phenoxy) is 2. The van der Waals surface area contributed by atoms with Crippen LogP contribution in [0.1, 0.15) is 48.5 Å². The Morgan fingerprint density at radius 1 is 1.14 bits per heavy atom. The Balaban J connectivity index is 1.20. The van der Waals surface area contributed by atoms with E-state index < -0.39 is 23.7 Å². The highest BCUT2D eigenvalue weighted by Crippen LogP contribution is 2.44. The molecule has 1 aliphatic carbocycles. The number of esters is 1. The van der Waals surface area contributed by atoms with Gasteiger partial charge in [0.1, 0.15) is 0 Å². The summed E-state index contributed by atoms with van der Waals surface area (Å²) in [6, 6.07) is 10.8. The summed E-state index contributed by atoms with van der Waals surface area (Å²) in [6.07, 6.45) is -2.32. The van der Waals surface area contributed by atoms with Crippen LogP contribution in [-0.4, -0.2) is 72.3 Å². The first-order valence-corrected chi connectivity index (χ1v) is 12.5. The highest BCUT2D eigenvalue weighted by Gasteiger charge is 2.55. The molecule has 2 aliphatic heterocycles. The fraction of sp³-hybridized carbons (Fsp3) is 0.556. The van der Waals surface area contributed by atoms with Gasteiger partial charge < -0.3 is 14.4 Å². The molecular weight excluding hydrogens is 473 g/mol. The maximum absolute atomic E-state index is 13.3. The minimum Gasteiger partial charge on any atom is -0.465 e. The normalized spacial score (nSPS) is 25.8. The Kier molecular flexibility index (Phi) is 6.49. The summed E-state index contributed by atoms with van der Waals surface area (Å²) in [5, 5.41) is 2.01. The molecule has 2 saturated heterocycles. The van der Waals surface area contributed by atoms with Crippen LogP contribution in [0.2, 0.25) is 0 Å². The number of likely N-dealkylation sites (tertiary alicyclic amines) is 1.